The van der Waals surface area contributed by atoms with Gasteiger partial charge in [0, 0.05) is 0 Å². The summed E-state index contributed by atoms with van der Waals surface area (Å²) in [6.45, 7) is 4.28. The molecule has 1 heteroatoms. The van der Waals surface area contributed by atoms with Crippen LogP contribution in [0.4, 0.5) is 0 Å². The van der Waals surface area contributed by atoms with E-state index in [-0.39, 0.29) is 0 Å². The zero-order chi connectivity index (χ0) is 8.55. The Balaban J connectivity index is 2.14. The molecule has 1 nitrogen and oxygen atoms in total. The molecule has 0 saturated carbocycles. The fourth-order valence-electron chi connectivity index (χ4n) is 1.48. The predicted octanol–water partition coefficient (Wildman–Crippen LogP) is 2.71. The number of hydrogen-bond acceptors (Lipinski definition) is 1. The molecule has 64 valence electrons. The quantitative estimate of drug-likeness (QED) is 0.609. The van der Waals surface area contributed by atoms with E-state index >= 15 is 0 Å². The number of hydrogen-bond donors (Lipinski definition) is 0. The second-order valence-corrected chi connectivity index (χ2v) is 3.36. The van der Waals surface area contributed by atoms with Crippen molar-refractivity contribution in [3.05, 3.63) is 35.4 Å². The highest BCUT2D eigenvalue weighted by Gasteiger charge is 2.35. The number of aryl methyl sites for hydroxylation is 1. The van der Waals surface area contributed by atoms with E-state index in [2.05, 4.69) is 38.1 Å². The van der Waals surface area contributed by atoms with E-state index < -0.39 is 0 Å². The van der Waals surface area contributed by atoms with Crippen molar-refractivity contribution >= 4 is 0 Å². The number of ether oxygens (including phenoxy) is 1. The van der Waals surface area contributed by atoms with E-state index in [0.717, 1.165) is 6.42 Å². The largest absolute Gasteiger partial charge is 0.365 e. The van der Waals surface area contributed by atoms with Crippen LogP contribution in [0.5, 0.6) is 0 Å². The molecule has 2 unspecified atom stereocenters. The summed E-state index contributed by atoms with van der Waals surface area (Å²) in [6.07, 6.45) is 1.91. The van der Waals surface area contributed by atoms with Crippen molar-refractivity contribution in [1.82, 2.24) is 0 Å². The van der Waals surface area contributed by atoms with Gasteiger partial charge in [-0.1, -0.05) is 31.2 Å². The van der Waals surface area contributed by atoms with E-state index in [1.165, 1.54) is 11.1 Å². The molecule has 0 radical (unpaired) electrons. The van der Waals surface area contributed by atoms with E-state index in [1.54, 1.807) is 0 Å². The lowest BCUT2D eigenvalue weighted by molar-refractivity contribution is 0.383. The van der Waals surface area contributed by atoms with Gasteiger partial charge in [0.2, 0.25) is 0 Å². The van der Waals surface area contributed by atoms with Crippen molar-refractivity contribution in [3.63, 3.8) is 0 Å². The Hall–Kier alpha value is -0.820. The molecule has 1 aromatic rings. The topological polar surface area (TPSA) is 12.5 Å². The summed E-state index contributed by atoms with van der Waals surface area (Å²) in [7, 11) is 0. The minimum Gasteiger partial charge on any atom is -0.365 e. The van der Waals surface area contributed by atoms with Gasteiger partial charge in [-0.25, -0.2) is 0 Å². The van der Waals surface area contributed by atoms with Crippen LogP contribution in [0, 0.1) is 0 Å². The zero-order valence-corrected chi connectivity index (χ0v) is 7.58. The van der Waals surface area contributed by atoms with E-state index in [9.17, 15) is 0 Å². The van der Waals surface area contributed by atoms with Crippen LogP contribution in [0.25, 0.3) is 0 Å². The van der Waals surface area contributed by atoms with Gasteiger partial charge in [-0.15, -0.1) is 0 Å². The van der Waals surface area contributed by atoms with Crippen molar-refractivity contribution in [1.29, 1.82) is 0 Å². The van der Waals surface area contributed by atoms with Crippen LogP contribution in [0.2, 0.25) is 0 Å². The summed E-state index contributed by atoms with van der Waals surface area (Å²) < 4.78 is 5.38. The molecule has 0 aromatic heterocycles. The van der Waals surface area contributed by atoms with Gasteiger partial charge >= 0.3 is 0 Å². The van der Waals surface area contributed by atoms with Crippen molar-refractivity contribution in [2.45, 2.75) is 32.5 Å². The predicted molar refractivity (Wildman–Crippen MR) is 49.1 cm³/mol. The first-order valence-corrected chi connectivity index (χ1v) is 4.55. The van der Waals surface area contributed by atoms with Gasteiger partial charge in [-0.2, -0.15) is 0 Å². The van der Waals surface area contributed by atoms with Gasteiger partial charge in [0.05, 0.1) is 6.10 Å². The van der Waals surface area contributed by atoms with Crippen LogP contribution in [0.1, 0.15) is 31.1 Å². The highest BCUT2D eigenvalue weighted by Crippen LogP contribution is 2.37. The van der Waals surface area contributed by atoms with Crippen molar-refractivity contribution in [3.8, 4) is 0 Å². The maximum absolute atomic E-state index is 5.38. The highest BCUT2D eigenvalue weighted by atomic mass is 16.6. The van der Waals surface area contributed by atoms with Gasteiger partial charge in [0.25, 0.3) is 0 Å². The Bertz CT molecular complexity index is 263. The molecule has 0 amide bonds. The third-order valence-corrected chi connectivity index (χ3v) is 2.43. The van der Waals surface area contributed by atoms with Crippen molar-refractivity contribution < 1.29 is 4.74 Å². The summed E-state index contributed by atoms with van der Waals surface area (Å²) in [4.78, 5) is 0. The molecule has 0 N–H and O–H groups in total. The van der Waals surface area contributed by atoms with Gasteiger partial charge in [-0.3, -0.25) is 0 Å². The van der Waals surface area contributed by atoms with Crippen LogP contribution in [0.15, 0.2) is 24.3 Å². The number of rotatable bonds is 2. The maximum atomic E-state index is 5.38. The zero-order valence-electron chi connectivity index (χ0n) is 7.58. The second-order valence-electron chi connectivity index (χ2n) is 3.36. The monoisotopic (exact) mass is 162 g/mol. The lowest BCUT2D eigenvalue weighted by Gasteiger charge is -1.97. The molecule has 0 bridgehead atoms. The average Bonchev–Trinajstić information content (AvgIpc) is 2.83. The summed E-state index contributed by atoms with van der Waals surface area (Å²) in [6, 6.07) is 8.72. The van der Waals surface area contributed by atoms with Crippen LogP contribution in [-0.2, 0) is 11.2 Å². The van der Waals surface area contributed by atoms with Crippen LogP contribution in [-0.4, -0.2) is 6.10 Å². The molecule has 2 atom stereocenters. The molecule has 1 fully saturated rings. The smallest absolute Gasteiger partial charge is 0.109 e. The van der Waals surface area contributed by atoms with Gasteiger partial charge < -0.3 is 4.74 Å². The molecule has 1 aromatic carbocycles. The standard InChI is InChI=1S/C11H14O/c1-3-9-4-6-10(7-5-9)11-8(2)12-11/h4-8,11H,3H2,1-2H3. The maximum Gasteiger partial charge on any atom is 0.109 e. The molecule has 1 saturated heterocycles. The lowest BCUT2D eigenvalue weighted by Crippen LogP contribution is -1.85. The van der Waals surface area contributed by atoms with E-state index in [0.29, 0.717) is 12.2 Å². The third-order valence-electron chi connectivity index (χ3n) is 2.43. The van der Waals surface area contributed by atoms with Crippen molar-refractivity contribution in [2.24, 2.45) is 0 Å². The number of epoxide rings is 1. The summed E-state index contributed by atoms with van der Waals surface area (Å²) in [5.74, 6) is 0. The molecule has 0 aliphatic carbocycles. The minimum atomic E-state index is 0.371. The van der Waals surface area contributed by atoms with Crippen LogP contribution < -0.4 is 0 Å². The molecular formula is C11H14O. The fourth-order valence-corrected chi connectivity index (χ4v) is 1.48. The molecule has 1 heterocycles. The molecule has 1 aliphatic heterocycles. The number of benzene rings is 1. The minimum absolute atomic E-state index is 0.371. The summed E-state index contributed by atoms with van der Waals surface area (Å²) in [5.41, 5.74) is 2.71. The Labute approximate surface area is 73.4 Å². The molecular weight excluding hydrogens is 148 g/mol. The first kappa shape index (κ1) is 7.81. The van der Waals surface area contributed by atoms with Crippen LogP contribution >= 0.6 is 0 Å². The highest BCUT2D eigenvalue weighted by molar-refractivity contribution is 5.26. The summed E-state index contributed by atoms with van der Waals surface area (Å²) in [5, 5.41) is 0. The fraction of sp³-hybridized carbons (Fsp3) is 0.455. The Morgan fingerprint density at radius 1 is 1.25 bits per heavy atom. The third kappa shape index (κ3) is 1.37. The van der Waals surface area contributed by atoms with E-state index in [1.807, 2.05) is 0 Å². The second kappa shape index (κ2) is 2.91. The normalized spacial score (nSPS) is 27.2. The Kier molecular flexibility index (Phi) is 1.89. The summed E-state index contributed by atoms with van der Waals surface area (Å²) >= 11 is 0. The first-order chi connectivity index (χ1) is 5.81. The molecule has 12 heavy (non-hydrogen) atoms. The SMILES string of the molecule is CCc1ccc(C2OC2C)cc1. The molecule has 2 rings (SSSR count). The first-order valence-electron chi connectivity index (χ1n) is 4.55. The Morgan fingerprint density at radius 2 is 1.83 bits per heavy atom. The van der Waals surface area contributed by atoms with Gasteiger partial charge in [-0.05, 0) is 24.5 Å². The lowest BCUT2D eigenvalue weighted by atomic mass is 10.1. The Morgan fingerprint density at radius 3 is 2.25 bits per heavy atom. The molecule has 1 aliphatic rings. The van der Waals surface area contributed by atoms with Gasteiger partial charge in [0.15, 0.2) is 0 Å². The average molecular weight is 162 g/mol. The van der Waals surface area contributed by atoms with Crippen molar-refractivity contribution in [2.75, 3.05) is 0 Å². The van der Waals surface area contributed by atoms with Gasteiger partial charge in [0.1, 0.15) is 6.10 Å². The van der Waals surface area contributed by atoms with Crippen LogP contribution in [0.3, 0.4) is 0 Å². The van der Waals surface area contributed by atoms with E-state index in [4.69, 9.17) is 4.74 Å². The molecule has 0 spiro atoms.